The number of nitrogens with zero attached hydrogens (tertiary/aromatic N) is 2. The molecule has 0 unspecified atom stereocenters. The number of anilines is 2. The number of para-hydroxylation sites is 1. The fraction of sp³-hybridized carbons (Fsp3) is 0.300. The van der Waals surface area contributed by atoms with E-state index in [2.05, 4.69) is 111 Å². The molecule has 2 N–H and O–H groups in total. The molecule has 0 fully saturated rings. The topological polar surface area (TPSA) is 89.7 Å². The summed E-state index contributed by atoms with van der Waals surface area (Å²) in [6, 6.07) is 20.5. The van der Waals surface area contributed by atoms with Crippen molar-refractivity contribution in [2.24, 2.45) is 0 Å². The molecule has 2 aliphatic heterocycles. The smallest absolute Gasteiger partial charge is 0.294 e. The van der Waals surface area contributed by atoms with Crippen LogP contribution in [-0.2, 0) is 25.7 Å². The number of benzene rings is 3. The normalized spacial score (nSPS) is 17.5. The van der Waals surface area contributed by atoms with Crippen LogP contribution >= 0.6 is 0 Å². The summed E-state index contributed by atoms with van der Waals surface area (Å²) in [7, 11) is -4.35. The highest BCUT2D eigenvalue weighted by atomic mass is 32.2. The zero-order valence-electron chi connectivity index (χ0n) is 28.5. The molecule has 0 spiro atoms. The summed E-state index contributed by atoms with van der Waals surface area (Å²) in [5.41, 5.74) is 7.96. The predicted octanol–water partition coefficient (Wildman–Crippen LogP) is 7.91. The van der Waals surface area contributed by atoms with E-state index in [0.717, 1.165) is 29.1 Å². The summed E-state index contributed by atoms with van der Waals surface area (Å²) in [6.45, 7) is 14.3. The highest BCUT2D eigenvalue weighted by Crippen LogP contribution is 2.48. The first kappa shape index (κ1) is 34.6. The van der Waals surface area contributed by atoms with Gasteiger partial charge in [-0.2, -0.15) is 13.0 Å². The second-order valence-corrected chi connectivity index (χ2v) is 14.6. The van der Waals surface area contributed by atoms with E-state index < -0.39 is 15.5 Å². The maximum Gasteiger partial charge on any atom is 0.294 e. The van der Waals surface area contributed by atoms with Gasteiger partial charge in [0.05, 0.1) is 10.3 Å². The lowest BCUT2D eigenvalue weighted by atomic mass is 9.81. The molecule has 5 rings (SSSR count). The van der Waals surface area contributed by atoms with E-state index in [4.69, 9.17) is 6.42 Å². The molecule has 0 aliphatic carbocycles. The van der Waals surface area contributed by atoms with E-state index >= 15 is 0 Å². The van der Waals surface area contributed by atoms with Crippen molar-refractivity contribution in [3.63, 3.8) is 0 Å². The van der Waals surface area contributed by atoms with Crippen LogP contribution in [0.1, 0.15) is 71.1 Å². The maximum absolute atomic E-state index is 13.1. The summed E-state index contributed by atoms with van der Waals surface area (Å²) in [6.07, 6.45) is 14.7. The van der Waals surface area contributed by atoms with Crippen molar-refractivity contribution in [1.82, 2.24) is 0 Å². The molecule has 48 heavy (non-hydrogen) atoms. The van der Waals surface area contributed by atoms with Crippen molar-refractivity contribution in [2.45, 2.75) is 70.1 Å². The van der Waals surface area contributed by atoms with Crippen molar-refractivity contribution >= 4 is 38.8 Å². The Morgan fingerprint density at radius 1 is 0.979 bits per heavy atom. The van der Waals surface area contributed by atoms with Crippen LogP contribution in [0.4, 0.5) is 17.1 Å². The van der Waals surface area contributed by atoms with Crippen LogP contribution in [0.5, 0.6) is 0 Å². The number of hydrogen-bond acceptors (Lipinski definition) is 4. The summed E-state index contributed by atoms with van der Waals surface area (Å²) in [5.74, 6) is 2.49. The second kappa shape index (κ2) is 13.4. The van der Waals surface area contributed by atoms with Gasteiger partial charge in [-0.25, -0.2) is 0 Å². The number of nitrogens with one attached hydrogen (secondary N) is 1. The molecule has 0 radical (unpaired) electrons. The molecule has 0 saturated heterocycles. The van der Waals surface area contributed by atoms with Gasteiger partial charge in [-0.15, -0.1) is 6.42 Å². The van der Waals surface area contributed by atoms with E-state index in [-0.39, 0.29) is 22.6 Å². The van der Waals surface area contributed by atoms with Gasteiger partial charge >= 0.3 is 0 Å². The quantitative estimate of drug-likeness (QED) is 0.0997. The Morgan fingerprint density at radius 3 is 2.42 bits per heavy atom. The van der Waals surface area contributed by atoms with E-state index in [0.29, 0.717) is 24.2 Å². The molecular formula is C40H44N3O4S+. The van der Waals surface area contributed by atoms with Crippen LogP contribution in [0.25, 0.3) is 0 Å². The van der Waals surface area contributed by atoms with E-state index in [1.165, 1.54) is 23.0 Å². The number of carbonyl (C=O) groups excluding carboxylic acids is 1. The first-order chi connectivity index (χ1) is 22.7. The molecule has 7 nitrogen and oxygen atoms in total. The standard InChI is InChI=1S/C40H43N3O4S/c1-8-28-14-13-15-30(26-28)41-38(44)25-20-29(18-23-36-39(4,5)32-16-11-12-17-34(32)42(36)9-2)19-24-37-40(6,7)33-27-31(48(45,46)47)21-22-35(33)43(37)10-3/h1,11-19,21-24,26-27H,9-10,20,25H2,2-7H3,(H-,41,44,45,46,47)/p+1. The minimum atomic E-state index is -4.35. The van der Waals surface area contributed by atoms with Crippen LogP contribution in [0, 0.1) is 12.3 Å². The Balaban J connectivity index is 1.52. The molecule has 3 aromatic carbocycles. The molecule has 2 heterocycles. The Hall–Kier alpha value is -4.71. The van der Waals surface area contributed by atoms with Gasteiger partial charge in [0.1, 0.15) is 6.54 Å². The zero-order valence-corrected chi connectivity index (χ0v) is 29.4. The SMILES string of the molecule is C#Cc1cccc(NC(=O)CCC(/C=C/C2=[N+](CC)c3ccccc3C2(C)C)=C\C=C2\N(CC)c3ccc(S(=O)(=O)O)cc3C2(C)C)c1. The number of amides is 1. The van der Waals surface area contributed by atoms with Crippen LogP contribution in [0.15, 0.2) is 107 Å². The van der Waals surface area contributed by atoms with Gasteiger partial charge < -0.3 is 10.2 Å². The number of carbonyl (C=O) groups is 1. The van der Waals surface area contributed by atoms with Gasteiger partial charge in [0.25, 0.3) is 10.1 Å². The van der Waals surface area contributed by atoms with Crippen molar-refractivity contribution < 1.29 is 22.3 Å². The molecule has 1 amide bonds. The Labute approximate surface area is 285 Å². The molecule has 2 aliphatic rings. The van der Waals surface area contributed by atoms with Crippen LogP contribution in [0.2, 0.25) is 0 Å². The molecule has 0 saturated carbocycles. The summed E-state index contributed by atoms with van der Waals surface area (Å²) >= 11 is 0. The Morgan fingerprint density at radius 2 is 1.73 bits per heavy atom. The first-order valence-corrected chi connectivity index (χ1v) is 17.8. The Kier molecular flexibility index (Phi) is 9.68. The van der Waals surface area contributed by atoms with Gasteiger partial charge in [0, 0.05) is 58.7 Å². The molecule has 0 atom stereocenters. The molecule has 248 valence electrons. The van der Waals surface area contributed by atoms with Crippen molar-refractivity contribution in [1.29, 1.82) is 0 Å². The van der Waals surface area contributed by atoms with Crippen LogP contribution < -0.4 is 10.2 Å². The number of fused-ring (bicyclic) bond motifs is 2. The van der Waals surface area contributed by atoms with Gasteiger partial charge in [-0.3, -0.25) is 9.35 Å². The third-order valence-corrected chi connectivity index (χ3v) is 10.3. The largest absolute Gasteiger partial charge is 0.344 e. The van der Waals surface area contributed by atoms with Crippen LogP contribution in [-0.4, -0.2) is 42.3 Å². The number of likely N-dealkylation sites (N-methyl/N-ethyl adjacent to an activating group) is 1. The third kappa shape index (κ3) is 6.66. The van der Waals surface area contributed by atoms with E-state index in [1.54, 1.807) is 18.2 Å². The van der Waals surface area contributed by atoms with Crippen LogP contribution in [0.3, 0.4) is 0 Å². The average Bonchev–Trinajstić information content (AvgIpc) is 3.41. The first-order valence-electron chi connectivity index (χ1n) is 16.3. The third-order valence-electron chi connectivity index (χ3n) is 9.46. The fourth-order valence-electron chi connectivity index (χ4n) is 6.90. The van der Waals surface area contributed by atoms with Gasteiger partial charge in [0.15, 0.2) is 5.71 Å². The highest BCUT2D eigenvalue weighted by Gasteiger charge is 2.43. The summed E-state index contributed by atoms with van der Waals surface area (Å²) < 4.78 is 36.0. The number of allylic oxidation sites excluding steroid dienone is 6. The Bertz CT molecular complexity index is 2040. The lowest BCUT2D eigenvalue weighted by molar-refractivity contribution is -0.433. The molecule has 0 bridgehead atoms. The van der Waals surface area contributed by atoms with Crippen molar-refractivity contribution in [2.75, 3.05) is 23.3 Å². The molecular weight excluding hydrogens is 619 g/mol. The fourth-order valence-corrected chi connectivity index (χ4v) is 7.41. The van der Waals surface area contributed by atoms with Gasteiger partial charge in [-0.1, -0.05) is 56.2 Å². The van der Waals surface area contributed by atoms with E-state index in [9.17, 15) is 17.8 Å². The zero-order chi connectivity index (χ0) is 34.9. The average molecular weight is 663 g/mol. The lowest BCUT2D eigenvalue weighted by Crippen LogP contribution is -2.27. The number of terminal acetylenes is 1. The minimum absolute atomic E-state index is 0.117. The number of hydrogen-bond donors (Lipinski definition) is 2. The van der Waals surface area contributed by atoms with Gasteiger partial charge in [0.2, 0.25) is 11.6 Å². The monoisotopic (exact) mass is 662 g/mol. The highest BCUT2D eigenvalue weighted by molar-refractivity contribution is 7.85. The minimum Gasteiger partial charge on any atom is -0.344 e. The predicted molar refractivity (Wildman–Crippen MR) is 195 cm³/mol. The number of rotatable bonds is 10. The van der Waals surface area contributed by atoms with Crippen molar-refractivity contribution in [3.8, 4) is 12.3 Å². The summed E-state index contributed by atoms with van der Waals surface area (Å²) in [5, 5.41) is 2.97. The van der Waals surface area contributed by atoms with E-state index in [1.807, 2.05) is 18.2 Å². The molecule has 0 aromatic heterocycles. The molecule has 3 aromatic rings. The summed E-state index contributed by atoms with van der Waals surface area (Å²) in [4.78, 5) is 15.2. The second-order valence-electron chi connectivity index (χ2n) is 13.2. The van der Waals surface area contributed by atoms with Crippen molar-refractivity contribution in [3.05, 3.63) is 119 Å². The van der Waals surface area contributed by atoms with Gasteiger partial charge in [-0.05, 0) is 87.7 Å². The molecule has 8 heteroatoms. The lowest BCUT2D eigenvalue weighted by Gasteiger charge is -2.26. The maximum atomic E-state index is 13.1.